The lowest BCUT2D eigenvalue weighted by molar-refractivity contribution is -0.143. The van der Waals surface area contributed by atoms with Crippen molar-refractivity contribution in [2.24, 2.45) is 11.7 Å². The Labute approximate surface area is 123 Å². The Bertz CT molecular complexity index is 496. The van der Waals surface area contributed by atoms with Crippen molar-refractivity contribution in [3.63, 3.8) is 0 Å². The highest BCUT2D eigenvalue weighted by atomic mass is 32.1. The molecular weight excluding hydrogens is 276 g/mol. The van der Waals surface area contributed by atoms with Crippen LogP contribution in [-0.2, 0) is 4.79 Å². The minimum atomic E-state index is -0.735. The molecule has 0 amide bonds. The van der Waals surface area contributed by atoms with Gasteiger partial charge in [-0.05, 0) is 43.6 Å². The van der Waals surface area contributed by atoms with Gasteiger partial charge in [-0.15, -0.1) is 0 Å². The fourth-order valence-corrected chi connectivity index (χ4v) is 2.90. The molecule has 1 fully saturated rings. The zero-order chi connectivity index (χ0) is 14.7. The molecule has 0 aliphatic carbocycles. The molecule has 4 N–H and O–H groups in total. The number of rotatable bonds is 4. The Balaban J connectivity index is 2.12. The van der Waals surface area contributed by atoms with Crippen molar-refractivity contribution >= 4 is 23.2 Å². The molecule has 2 rings (SSSR count). The summed E-state index contributed by atoms with van der Waals surface area (Å²) in [6.07, 6.45) is 1.21. The number of likely N-dealkylation sites (tertiary alicyclic amines) is 1. The van der Waals surface area contributed by atoms with Gasteiger partial charge in [-0.2, -0.15) is 0 Å². The summed E-state index contributed by atoms with van der Waals surface area (Å²) >= 11 is 5.15. The van der Waals surface area contributed by atoms with E-state index in [0.29, 0.717) is 30.9 Å². The minimum Gasteiger partial charge on any atom is -0.508 e. The van der Waals surface area contributed by atoms with Crippen LogP contribution < -0.4 is 5.73 Å². The zero-order valence-corrected chi connectivity index (χ0v) is 11.8. The SMILES string of the molecule is NC(=S)C(c1ccc(O)cc1)N1CCC(C(=O)O)CC1. The van der Waals surface area contributed by atoms with E-state index in [1.165, 1.54) is 0 Å². The highest BCUT2D eigenvalue weighted by molar-refractivity contribution is 7.80. The van der Waals surface area contributed by atoms with Gasteiger partial charge in [0.05, 0.1) is 16.9 Å². The maximum absolute atomic E-state index is 11.0. The smallest absolute Gasteiger partial charge is 0.306 e. The molecule has 20 heavy (non-hydrogen) atoms. The van der Waals surface area contributed by atoms with Gasteiger partial charge >= 0.3 is 5.97 Å². The van der Waals surface area contributed by atoms with E-state index in [9.17, 15) is 9.90 Å². The molecule has 1 saturated heterocycles. The first-order valence-corrected chi connectivity index (χ1v) is 6.95. The summed E-state index contributed by atoms with van der Waals surface area (Å²) in [4.78, 5) is 13.4. The molecule has 108 valence electrons. The molecule has 1 atom stereocenters. The number of phenolic OH excluding ortho intramolecular Hbond substituents is 1. The molecular formula is C14H18N2O3S. The Hall–Kier alpha value is -1.66. The molecule has 1 aromatic rings. The molecule has 1 aliphatic rings. The molecule has 1 heterocycles. The number of benzene rings is 1. The van der Waals surface area contributed by atoms with Crippen molar-refractivity contribution in [3.8, 4) is 5.75 Å². The van der Waals surface area contributed by atoms with Crippen molar-refractivity contribution in [3.05, 3.63) is 29.8 Å². The van der Waals surface area contributed by atoms with Crippen LogP contribution in [0.5, 0.6) is 5.75 Å². The molecule has 0 bridgehead atoms. The molecule has 1 aromatic carbocycles. The third kappa shape index (κ3) is 3.26. The van der Waals surface area contributed by atoms with Crippen molar-refractivity contribution < 1.29 is 15.0 Å². The first-order valence-electron chi connectivity index (χ1n) is 6.54. The van der Waals surface area contributed by atoms with Gasteiger partial charge in [-0.25, -0.2) is 0 Å². The average Bonchev–Trinajstić information content (AvgIpc) is 2.41. The normalized spacial score (nSPS) is 18.6. The average molecular weight is 294 g/mol. The van der Waals surface area contributed by atoms with Gasteiger partial charge in [0, 0.05) is 0 Å². The van der Waals surface area contributed by atoms with Crippen LogP contribution in [-0.4, -0.2) is 39.2 Å². The van der Waals surface area contributed by atoms with Crippen LogP contribution in [0.15, 0.2) is 24.3 Å². The van der Waals surface area contributed by atoms with Gasteiger partial charge in [0.25, 0.3) is 0 Å². The Morgan fingerprint density at radius 1 is 1.30 bits per heavy atom. The zero-order valence-electron chi connectivity index (χ0n) is 11.0. The summed E-state index contributed by atoms with van der Waals surface area (Å²) in [6, 6.07) is 6.58. The van der Waals surface area contributed by atoms with Gasteiger partial charge < -0.3 is 15.9 Å². The quantitative estimate of drug-likeness (QED) is 0.730. The third-order valence-electron chi connectivity index (χ3n) is 3.72. The number of hydrogen-bond acceptors (Lipinski definition) is 4. The van der Waals surface area contributed by atoms with Crippen molar-refractivity contribution in [1.82, 2.24) is 4.90 Å². The second kappa shape index (κ2) is 6.19. The number of thiocarbonyl (C=S) groups is 1. The van der Waals surface area contributed by atoms with Gasteiger partial charge in [-0.3, -0.25) is 9.69 Å². The molecule has 0 saturated carbocycles. The van der Waals surface area contributed by atoms with E-state index in [0.717, 1.165) is 5.56 Å². The van der Waals surface area contributed by atoms with E-state index in [4.69, 9.17) is 23.1 Å². The fourth-order valence-electron chi connectivity index (χ4n) is 2.62. The number of phenols is 1. The molecule has 0 radical (unpaired) electrons. The van der Waals surface area contributed by atoms with E-state index >= 15 is 0 Å². The van der Waals surface area contributed by atoms with Crippen molar-refractivity contribution in [2.45, 2.75) is 18.9 Å². The lowest BCUT2D eigenvalue weighted by Gasteiger charge is -2.36. The van der Waals surface area contributed by atoms with Crippen LogP contribution in [0.25, 0.3) is 0 Å². The van der Waals surface area contributed by atoms with E-state index < -0.39 is 5.97 Å². The molecule has 0 aromatic heterocycles. The van der Waals surface area contributed by atoms with E-state index in [2.05, 4.69) is 4.90 Å². The summed E-state index contributed by atoms with van der Waals surface area (Å²) in [6.45, 7) is 1.31. The monoisotopic (exact) mass is 294 g/mol. The van der Waals surface area contributed by atoms with Crippen LogP contribution >= 0.6 is 12.2 Å². The second-order valence-corrected chi connectivity index (χ2v) is 5.52. The Morgan fingerprint density at radius 3 is 2.30 bits per heavy atom. The maximum atomic E-state index is 11.0. The first kappa shape index (κ1) is 14.7. The summed E-state index contributed by atoms with van der Waals surface area (Å²) < 4.78 is 0. The highest BCUT2D eigenvalue weighted by Gasteiger charge is 2.30. The summed E-state index contributed by atoms with van der Waals surface area (Å²) in [5.41, 5.74) is 6.76. The van der Waals surface area contributed by atoms with Gasteiger partial charge in [-0.1, -0.05) is 24.4 Å². The molecule has 5 nitrogen and oxygen atoms in total. The van der Waals surface area contributed by atoms with Crippen LogP contribution in [0, 0.1) is 5.92 Å². The van der Waals surface area contributed by atoms with Crippen LogP contribution in [0.3, 0.4) is 0 Å². The maximum Gasteiger partial charge on any atom is 0.306 e. The predicted octanol–water partition coefficient (Wildman–Crippen LogP) is 1.52. The van der Waals surface area contributed by atoms with E-state index in [1.54, 1.807) is 24.3 Å². The number of nitrogens with zero attached hydrogens (tertiary/aromatic N) is 1. The highest BCUT2D eigenvalue weighted by Crippen LogP contribution is 2.28. The minimum absolute atomic E-state index is 0.194. The summed E-state index contributed by atoms with van der Waals surface area (Å²) in [5.74, 6) is -0.820. The number of carbonyl (C=O) groups is 1. The number of aromatic hydroxyl groups is 1. The van der Waals surface area contributed by atoms with Crippen molar-refractivity contribution in [1.29, 1.82) is 0 Å². The number of carboxylic acids is 1. The lowest BCUT2D eigenvalue weighted by atomic mass is 9.94. The van der Waals surface area contributed by atoms with Gasteiger partial charge in [0.2, 0.25) is 0 Å². The summed E-state index contributed by atoms with van der Waals surface area (Å²) in [5, 5.41) is 18.4. The molecule has 1 aliphatic heterocycles. The molecule has 1 unspecified atom stereocenters. The third-order valence-corrected chi connectivity index (χ3v) is 3.95. The van der Waals surface area contributed by atoms with Crippen LogP contribution in [0.1, 0.15) is 24.4 Å². The number of carboxylic acid groups (broad SMARTS) is 1. The Morgan fingerprint density at radius 2 is 1.85 bits per heavy atom. The predicted molar refractivity (Wildman–Crippen MR) is 79.6 cm³/mol. The van der Waals surface area contributed by atoms with E-state index in [1.807, 2.05) is 0 Å². The first-order chi connectivity index (χ1) is 9.49. The number of nitrogens with two attached hydrogens (primary N) is 1. The van der Waals surface area contributed by atoms with Crippen molar-refractivity contribution in [2.75, 3.05) is 13.1 Å². The number of aliphatic carboxylic acids is 1. The Kier molecular flexibility index (Phi) is 4.57. The standard InChI is InChI=1S/C14H18N2O3S/c15-13(20)12(9-1-3-11(17)4-2-9)16-7-5-10(6-8-16)14(18)19/h1-4,10,12,17H,5-8H2,(H2,15,20)(H,18,19). The summed E-state index contributed by atoms with van der Waals surface area (Å²) in [7, 11) is 0. The second-order valence-electron chi connectivity index (χ2n) is 5.04. The van der Waals surface area contributed by atoms with E-state index in [-0.39, 0.29) is 17.7 Å². The molecule has 6 heteroatoms. The van der Waals surface area contributed by atoms with Crippen LogP contribution in [0.4, 0.5) is 0 Å². The number of hydrogen-bond donors (Lipinski definition) is 3. The largest absolute Gasteiger partial charge is 0.508 e. The lowest BCUT2D eigenvalue weighted by Crippen LogP contribution is -2.43. The number of piperidine rings is 1. The molecule has 0 spiro atoms. The topological polar surface area (TPSA) is 86.8 Å². The van der Waals surface area contributed by atoms with Gasteiger partial charge in [0.15, 0.2) is 0 Å². The van der Waals surface area contributed by atoms with Crippen LogP contribution in [0.2, 0.25) is 0 Å². The fraction of sp³-hybridized carbons (Fsp3) is 0.429. The van der Waals surface area contributed by atoms with Gasteiger partial charge in [0.1, 0.15) is 5.75 Å².